The lowest BCUT2D eigenvalue weighted by atomic mass is 10.2. The number of benzene rings is 2. The van der Waals surface area contributed by atoms with Crippen molar-refractivity contribution in [3.8, 4) is 6.07 Å². The molecule has 3 aromatic rings. The summed E-state index contributed by atoms with van der Waals surface area (Å²) in [5.74, 6) is -0.692. The van der Waals surface area contributed by atoms with E-state index in [0.717, 1.165) is 4.90 Å². The van der Waals surface area contributed by atoms with Gasteiger partial charge in [-0.25, -0.2) is 4.39 Å². The smallest absolute Gasteiger partial charge is 0.266 e. The van der Waals surface area contributed by atoms with Crippen molar-refractivity contribution in [2.45, 2.75) is 9.99 Å². The molecule has 0 unspecified atom stereocenters. The van der Waals surface area contributed by atoms with Gasteiger partial charge in [-0.05, 0) is 70.5 Å². The van der Waals surface area contributed by atoms with E-state index in [1.165, 1.54) is 42.1 Å². The summed E-state index contributed by atoms with van der Waals surface area (Å²) in [7, 11) is 0. The van der Waals surface area contributed by atoms with Crippen molar-refractivity contribution >= 4 is 57.0 Å². The number of furan rings is 1. The summed E-state index contributed by atoms with van der Waals surface area (Å²) in [6.45, 7) is 0. The Kier molecular flexibility index (Phi) is 6.57. The molecule has 0 radical (unpaired) electrons. The van der Waals surface area contributed by atoms with Crippen LogP contribution in [0.3, 0.4) is 0 Å². The zero-order valence-corrected chi connectivity index (χ0v) is 17.2. The van der Waals surface area contributed by atoms with Gasteiger partial charge in [0.25, 0.3) is 5.91 Å². The van der Waals surface area contributed by atoms with Gasteiger partial charge in [0, 0.05) is 21.7 Å². The first kappa shape index (κ1) is 20.2. The number of hydrogen-bond donors (Lipinski definition) is 1. The van der Waals surface area contributed by atoms with E-state index in [1.807, 2.05) is 18.2 Å². The fraction of sp³-hybridized carbons (Fsp3) is 0. The third-order valence-corrected chi connectivity index (χ3v) is 5.55. The van der Waals surface area contributed by atoms with Crippen LogP contribution in [-0.2, 0) is 4.79 Å². The molecule has 0 aliphatic heterocycles. The molecule has 2 aromatic carbocycles. The van der Waals surface area contributed by atoms with Crippen LogP contribution in [0.5, 0.6) is 0 Å². The number of hydrogen-bond acceptors (Lipinski definition) is 4. The van der Waals surface area contributed by atoms with Crippen molar-refractivity contribution in [3.05, 3.63) is 81.2 Å². The summed E-state index contributed by atoms with van der Waals surface area (Å²) < 4.78 is 19.4. The Bertz CT molecular complexity index is 1070. The average molecular weight is 478 g/mol. The molecule has 140 valence electrons. The van der Waals surface area contributed by atoms with Gasteiger partial charge in [-0.3, -0.25) is 4.79 Å². The van der Waals surface area contributed by atoms with Gasteiger partial charge in [0.15, 0.2) is 5.09 Å². The van der Waals surface area contributed by atoms with Gasteiger partial charge >= 0.3 is 0 Å². The Hall–Kier alpha value is -2.53. The first-order valence-corrected chi connectivity index (χ1v) is 9.85. The standard InChI is InChI=1S/C20H11BrClFN2O2S/c21-18-10-16(27-20(18)28-17-7-1-13(22)2-8-17)9-12(11-24)19(26)25-15-5-3-14(23)4-6-15/h1-10H,(H,25,26)/b12-9-. The minimum atomic E-state index is -0.617. The molecule has 0 spiro atoms. The van der Waals surface area contributed by atoms with E-state index in [4.69, 9.17) is 16.0 Å². The van der Waals surface area contributed by atoms with Gasteiger partial charge in [-0.1, -0.05) is 23.4 Å². The zero-order valence-electron chi connectivity index (χ0n) is 14.1. The lowest BCUT2D eigenvalue weighted by Gasteiger charge is -2.03. The highest BCUT2D eigenvalue weighted by Gasteiger charge is 2.14. The summed E-state index contributed by atoms with van der Waals surface area (Å²) in [5.41, 5.74) is 0.237. The average Bonchev–Trinajstić information content (AvgIpc) is 3.02. The SMILES string of the molecule is N#C/C(=C/c1cc(Br)c(Sc2ccc(Cl)cc2)o1)C(=O)Nc1ccc(F)cc1. The fourth-order valence-electron chi connectivity index (χ4n) is 2.14. The summed E-state index contributed by atoms with van der Waals surface area (Å²) >= 11 is 10.7. The van der Waals surface area contributed by atoms with E-state index in [0.29, 0.717) is 26.0 Å². The fourth-order valence-corrected chi connectivity index (χ4v) is 3.60. The first-order chi connectivity index (χ1) is 13.4. The van der Waals surface area contributed by atoms with Crippen molar-refractivity contribution in [3.63, 3.8) is 0 Å². The zero-order chi connectivity index (χ0) is 20.1. The van der Waals surface area contributed by atoms with E-state index >= 15 is 0 Å². The van der Waals surface area contributed by atoms with Crippen LogP contribution in [0.2, 0.25) is 5.02 Å². The van der Waals surface area contributed by atoms with Crippen LogP contribution < -0.4 is 5.32 Å². The van der Waals surface area contributed by atoms with Crippen molar-refractivity contribution in [1.82, 2.24) is 0 Å². The van der Waals surface area contributed by atoms with Crippen molar-refractivity contribution < 1.29 is 13.6 Å². The van der Waals surface area contributed by atoms with Crippen molar-refractivity contribution in [1.29, 1.82) is 5.26 Å². The summed E-state index contributed by atoms with van der Waals surface area (Å²) in [4.78, 5) is 13.2. The van der Waals surface area contributed by atoms with E-state index in [-0.39, 0.29) is 5.57 Å². The summed E-state index contributed by atoms with van der Waals surface area (Å²) in [5, 5.41) is 13.1. The van der Waals surface area contributed by atoms with Crippen molar-refractivity contribution in [2.75, 3.05) is 5.32 Å². The van der Waals surface area contributed by atoms with Crippen molar-refractivity contribution in [2.24, 2.45) is 0 Å². The molecule has 8 heteroatoms. The third kappa shape index (κ3) is 5.26. The highest BCUT2D eigenvalue weighted by atomic mass is 79.9. The van der Waals surface area contributed by atoms with E-state index in [2.05, 4.69) is 21.2 Å². The Morgan fingerprint density at radius 3 is 2.54 bits per heavy atom. The molecule has 1 amide bonds. The molecule has 4 nitrogen and oxygen atoms in total. The number of rotatable bonds is 5. The molecule has 0 atom stereocenters. The van der Waals surface area contributed by atoms with Crippen LogP contribution in [0.4, 0.5) is 10.1 Å². The maximum Gasteiger partial charge on any atom is 0.266 e. The van der Waals surface area contributed by atoms with Gasteiger partial charge < -0.3 is 9.73 Å². The molecule has 1 aromatic heterocycles. The lowest BCUT2D eigenvalue weighted by Crippen LogP contribution is -2.13. The maximum absolute atomic E-state index is 13.0. The molecule has 28 heavy (non-hydrogen) atoms. The van der Waals surface area contributed by atoms with E-state index in [9.17, 15) is 14.4 Å². The Morgan fingerprint density at radius 2 is 1.89 bits per heavy atom. The van der Waals surface area contributed by atoms with Gasteiger partial charge in [0.2, 0.25) is 0 Å². The second-order valence-electron chi connectivity index (χ2n) is 5.47. The number of nitrogens with zero attached hydrogens (tertiary/aromatic N) is 1. The Morgan fingerprint density at radius 1 is 1.21 bits per heavy atom. The largest absolute Gasteiger partial charge is 0.449 e. The highest BCUT2D eigenvalue weighted by Crippen LogP contribution is 2.36. The Labute approximate surface area is 178 Å². The molecule has 0 saturated carbocycles. The topological polar surface area (TPSA) is 66.0 Å². The second-order valence-corrected chi connectivity index (χ2v) is 7.81. The first-order valence-electron chi connectivity index (χ1n) is 7.86. The molecule has 0 bridgehead atoms. The summed E-state index contributed by atoms with van der Waals surface area (Å²) in [6, 6.07) is 16.0. The van der Waals surface area contributed by atoms with Crippen LogP contribution in [0.25, 0.3) is 6.08 Å². The van der Waals surface area contributed by atoms with Crippen LogP contribution in [0.1, 0.15) is 5.76 Å². The normalized spacial score (nSPS) is 11.1. The van der Waals surface area contributed by atoms with Gasteiger partial charge in [-0.2, -0.15) is 5.26 Å². The number of amides is 1. The third-order valence-electron chi connectivity index (χ3n) is 3.45. The quantitative estimate of drug-likeness (QED) is 0.335. The molecule has 3 rings (SSSR count). The van der Waals surface area contributed by atoms with Crippen LogP contribution in [0, 0.1) is 17.1 Å². The number of anilines is 1. The predicted molar refractivity (Wildman–Crippen MR) is 111 cm³/mol. The Balaban J connectivity index is 1.77. The molecular formula is C20H11BrClFN2O2S. The number of carbonyl (C=O) groups excluding carboxylic acids is 1. The lowest BCUT2D eigenvalue weighted by molar-refractivity contribution is -0.112. The molecule has 0 aliphatic carbocycles. The van der Waals surface area contributed by atoms with Gasteiger partial charge in [0.1, 0.15) is 23.2 Å². The van der Waals surface area contributed by atoms with E-state index in [1.54, 1.807) is 18.2 Å². The monoisotopic (exact) mass is 476 g/mol. The van der Waals surface area contributed by atoms with Gasteiger partial charge in [-0.15, -0.1) is 0 Å². The van der Waals surface area contributed by atoms with E-state index < -0.39 is 11.7 Å². The summed E-state index contributed by atoms with van der Waals surface area (Å²) in [6.07, 6.45) is 1.34. The maximum atomic E-state index is 13.0. The minimum Gasteiger partial charge on any atom is -0.449 e. The molecule has 0 saturated heterocycles. The molecular weight excluding hydrogens is 467 g/mol. The number of nitrogens with one attached hydrogen (secondary N) is 1. The van der Waals surface area contributed by atoms with Crippen LogP contribution >= 0.6 is 39.3 Å². The predicted octanol–water partition coefficient (Wildman–Crippen LogP) is 6.53. The molecule has 0 aliphatic rings. The van der Waals surface area contributed by atoms with Crippen LogP contribution in [0.15, 0.2) is 79.0 Å². The number of halogens is 3. The molecule has 1 N–H and O–H groups in total. The minimum absolute atomic E-state index is 0.145. The second kappa shape index (κ2) is 9.11. The number of carbonyl (C=O) groups is 1. The molecule has 0 fully saturated rings. The molecule has 1 heterocycles. The highest BCUT2D eigenvalue weighted by molar-refractivity contribution is 9.10. The van der Waals surface area contributed by atoms with Gasteiger partial charge in [0.05, 0.1) is 4.47 Å². The van der Waals surface area contributed by atoms with Crippen LogP contribution in [-0.4, -0.2) is 5.91 Å². The number of nitriles is 1.